The van der Waals surface area contributed by atoms with Crippen LogP contribution in [0.1, 0.15) is 5.56 Å². The number of hydrogen-bond donors (Lipinski definition) is 1. The quantitative estimate of drug-likeness (QED) is 0.594. The van der Waals surface area contributed by atoms with Crippen molar-refractivity contribution in [3.05, 3.63) is 59.1 Å². The Labute approximate surface area is 132 Å². The van der Waals surface area contributed by atoms with Crippen LogP contribution >= 0.6 is 12.2 Å². The Morgan fingerprint density at radius 2 is 1.91 bits per heavy atom. The minimum atomic E-state index is 0.427. The van der Waals surface area contributed by atoms with E-state index in [1.165, 1.54) is 0 Å². The van der Waals surface area contributed by atoms with Crippen LogP contribution in [0.5, 0.6) is 5.75 Å². The molecule has 0 unspecified atom stereocenters. The summed E-state index contributed by atoms with van der Waals surface area (Å²) >= 11 is 5.22. The van der Waals surface area contributed by atoms with E-state index in [1.54, 1.807) is 30.4 Å². The van der Waals surface area contributed by atoms with Crippen LogP contribution in [-0.4, -0.2) is 33.2 Å². The highest BCUT2D eigenvalue weighted by Gasteiger charge is 2.07. The summed E-state index contributed by atoms with van der Waals surface area (Å²) in [6.45, 7) is 0. The van der Waals surface area contributed by atoms with Crippen LogP contribution in [0, 0.1) is 4.77 Å². The molecule has 0 spiro atoms. The zero-order valence-corrected chi connectivity index (χ0v) is 12.6. The molecule has 22 heavy (non-hydrogen) atoms. The van der Waals surface area contributed by atoms with Gasteiger partial charge in [0, 0.05) is 18.0 Å². The second-order valence-electron chi connectivity index (χ2n) is 4.42. The molecule has 0 aliphatic rings. The van der Waals surface area contributed by atoms with Crippen LogP contribution in [0.15, 0.2) is 53.9 Å². The van der Waals surface area contributed by atoms with E-state index in [-0.39, 0.29) is 0 Å². The van der Waals surface area contributed by atoms with Gasteiger partial charge in [-0.15, -0.1) is 0 Å². The highest BCUT2D eigenvalue weighted by molar-refractivity contribution is 7.71. The molecule has 0 atom stereocenters. The normalized spacial score (nSPS) is 11.0. The monoisotopic (exact) mass is 311 g/mol. The zero-order valence-electron chi connectivity index (χ0n) is 11.8. The SMILES string of the molecule is COc1ccc(C=Nn2c(-c3ccncc3)n[nH]c2=S)cc1. The number of aromatic amines is 1. The Hall–Kier alpha value is -2.80. The molecule has 0 amide bonds. The summed E-state index contributed by atoms with van der Waals surface area (Å²) in [7, 11) is 1.63. The number of benzene rings is 1. The fourth-order valence-corrected chi connectivity index (χ4v) is 2.08. The van der Waals surface area contributed by atoms with Gasteiger partial charge >= 0.3 is 0 Å². The Bertz CT molecular complexity index is 836. The number of aromatic nitrogens is 4. The Morgan fingerprint density at radius 3 is 2.59 bits per heavy atom. The van der Waals surface area contributed by atoms with E-state index in [4.69, 9.17) is 17.0 Å². The maximum atomic E-state index is 5.22. The molecule has 0 aliphatic carbocycles. The fourth-order valence-electron chi connectivity index (χ4n) is 1.90. The number of pyridine rings is 1. The van der Waals surface area contributed by atoms with Crippen molar-refractivity contribution in [2.45, 2.75) is 0 Å². The van der Waals surface area contributed by atoms with Gasteiger partial charge in [-0.1, -0.05) is 0 Å². The topological polar surface area (TPSA) is 68.1 Å². The lowest BCUT2D eigenvalue weighted by Crippen LogP contribution is -1.95. The molecule has 1 N–H and O–H groups in total. The van der Waals surface area contributed by atoms with Crippen molar-refractivity contribution >= 4 is 18.4 Å². The minimum absolute atomic E-state index is 0.427. The third-order valence-electron chi connectivity index (χ3n) is 3.03. The Morgan fingerprint density at radius 1 is 1.18 bits per heavy atom. The van der Waals surface area contributed by atoms with Crippen molar-refractivity contribution < 1.29 is 4.74 Å². The van der Waals surface area contributed by atoms with Crippen molar-refractivity contribution in [2.75, 3.05) is 7.11 Å². The molecule has 3 aromatic rings. The van der Waals surface area contributed by atoms with Crippen LogP contribution in [0.25, 0.3) is 11.4 Å². The van der Waals surface area contributed by atoms with E-state index in [0.29, 0.717) is 10.6 Å². The van der Waals surface area contributed by atoms with E-state index < -0.39 is 0 Å². The standard InChI is InChI=1S/C15H13N5OS/c1-21-13-4-2-11(3-5-13)10-17-20-14(18-19-15(20)22)12-6-8-16-9-7-12/h2-10H,1H3,(H,19,22). The number of nitrogens with zero attached hydrogens (tertiary/aromatic N) is 4. The van der Waals surface area contributed by atoms with Crippen LogP contribution in [0.3, 0.4) is 0 Å². The number of H-pyrrole nitrogens is 1. The molecule has 0 saturated carbocycles. The van der Waals surface area contributed by atoms with Crippen LogP contribution < -0.4 is 4.74 Å². The molecule has 2 heterocycles. The number of hydrogen-bond acceptors (Lipinski definition) is 5. The molecule has 6 nitrogen and oxygen atoms in total. The summed E-state index contributed by atoms with van der Waals surface area (Å²) < 4.78 is 7.13. The Balaban J connectivity index is 1.93. The predicted octanol–water partition coefficient (Wildman–Crippen LogP) is 2.89. The van der Waals surface area contributed by atoms with Crippen LogP contribution in [-0.2, 0) is 0 Å². The third kappa shape index (κ3) is 2.94. The first-order valence-corrected chi connectivity index (χ1v) is 6.95. The molecular formula is C15H13N5OS. The van der Waals surface area contributed by atoms with Gasteiger partial charge in [0.1, 0.15) is 5.75 Å². The molecule has 7 heteroatoms. The third-order valence-corrected chi connectivity index (χ3v) is 3.29. The fraction of sp³-hybridized carbons (Fsp3) is 0.0667. The van der Waals surface area contributed by atoms with Gasteiger partial charge in [-0.3, -0.25) is 4.98 Å². The predicted molar refractivity (Wildman–Crippen MR) is 86.6 cm³/mol. The first-order valence-electron chi connectivity index (χ1n) is 6.54. The van der Waals surface area contributed by atoms with Gasteiger partial charge in [-0.05, 0) is 54.2 Å². The minimum Gasteiger partial charge on any atom is -0.497 e. The summed E-state index contributed by atoms with van der Waals surface area (Å²) in [6.07, 6.45) is 5.12. The molecule has 0 saturated heterocycles. The molecule has 1 aromatic carbocycles. The van der Waals surface area contributed by atoms with Gasteiger partial charge < -0.3 is 4.74 Å². The summed E-state index contributed by atoms with van der Waals surface area (Å²) in [5, 5.41) is 11.4. The molecule has 2 aromatic heterocycles. The molecule has 0 bridgehead atoms. The summed E-state index contributed by atoms with van der Waals surface area (Å²) in [5.74, 6) is 1.44. The summed E-state index contributed by atoms with van der Waals surface area (Å²) in [6, 6.07) is 11.3. The maximum absolute atomic E-state index is 5.22. The first-order chi connectivity index (χ1) is 10.8. The zero-order chi connectivity index (χ0) is 15.4. The van der Waals surface area contributed by atoms with E-state index in [9.17, 15) is 0 Å². The van der Waals surface area contributed by atoms with Gasteiger partial charge in [-0.2, -0.15) is 14.9 Å². The number of methoxy groups -OCH3 is 1. The van der Waals surface area contributed by atoms with E-state index >= 15 is 0 Å². The van der Waals surface area contributed by atoms with Crippen molar-refractivity contribution in [2.24, 2.45) is 5.10 Å². The van der Waals surface area contributed by atoms with Crippen LogP contribution in [0.4, 0.5) is 0 Å². The lowest BCUT2D eigenvalue weighted by molar-refractivity contribution is 0.415. The van der Waals surface area contributed by atoms with Gasteiger partial charge in [0.25, 0.3) is 0 Å². The largest absolute Gasteiger partial charge is 0.497 e. The maximum Gasteiger partial charge on any atom is 0.216 e. The molecule has 0 fully saturated rings. The second kappa shape index (κ2) is 6.31. The number of ether oxygens (including phenoxy) is 1. The summed E-state index contributed by atoms with van der Waals surface area (Å²) in [4.78, 5) is 3.99. The number of rotatable bonds is 4. The summed E-state index contributed by atoms with van der Waals surface area (Å²) in [5.41, 5.74) is 1.82. The highest BCUT2D eigenvalue weighted by atomic mass is 32.1. The van der Waals surface area contributed by atoms with Gasteiger partial charge in [0.2, 0.25) is 4.77 Å². The highest BCUT2D eigenvalue weighted by Crippen LogP contribution is 2.16. The smallest absolute Gasteiger partial charge is 0.216 e. The lowest BCUT2D eigenvalue weighted by atomic mass is 10.2. The average Bonchev–Trinajstić information content (AvgIpc) is 2.95. The first kappa shape index (κ1) is 14.2. The van der Waals surface area contributed by atoms with Gasteiger partial charge in [0.05, 0.1) is 13.3 Å². The molecule has 3 rings (SSSR count). The molecule has 0 radical (unpaired) electrons. The van der Waals surface area contributed by atoms with Gasteiger partial charge in [-0.25, -0.2) is 5.10 Å². The molecule has 110 valence electrons. The van der Waals surface area contributed by atoms with E-state index in [0.717, 1.165) is 16.9 Å². The van der Waals surface area contributed by atoms with Crippen molar-refractivity contribution in [3.8, 4) is 17.1 Å². The molecular weight excluding hydrogens is 298 g/mol. The lowest BCUT2D eigenvalue weighted by Gasteiger charge is -2.01. The second-order valence-corrected chi connectivity index (χ2v) is 4.80. The average molecular weight is 311 g/mol. The van der Waals surface area contributed by atoms with Gasteiger partial charge in [0.15, 0.2) is 5.82 Å². The number of nitrogens with one attached hydrogen (secondary N) is 1. The van der Waals surface area contributed by atoms with Crippen LogP contribution in [0.2, 0.25) is 0 Å². The van der Waals surface area contributed by atoms with Crippen molar-refractivity contribution in [3.63, 3.8) is 0 Å². The molecule has 0 aliphatic heterocycles. The Kier molecular flexibility index (Phi) is 4.06. The van der Waals surface area contributed by atoms with E-state index in [2.05, 4.69) is 20.3 Å². The van der Waals surface area contributed by atoms with Crippen molar-refractivity contribution in [1.82, 2.24) is 19.9 Å². The van der Waals surface area contributed by atoms with E-state index in [1.807, 2.05) is 36.4 Å². The van der Waals surface area contributed by atoms with Crippen molar-refractivity contribution in [1.29, 1.82) is 0 Å².